The van der Waals surface area contributed by atoms with Crippen molar-refractivity contribution in [2.75, 3.05) is 6.61 Å². The van der Waals surface area contributed by atoms with Crippen LogP contribution in [0.1, 0.15) is 48.1 Å². The average Bonchev–Trinajstić information content (AvgIpc) is 3.58. The number of rotatable bonds is 11. The molecular weight excluding hydrogens is 484 g/mol. The van der Waals surface area contributed by atoms with E-state index in [0.29, 0.717) is 31.8 Å². The predicted molar refractivity (Wildman–Crippen MR) is 146 cm³/mol. The van der Waals surface area contributed by atoms with E-state index in [0.717, 1.165) is 34.5 Å². The van der Waals surface area contributed by atoms with Crippen LogP contribution < -0.4 is 10.3 Å². The smallest absolute Gasteiger partial charge is 0.252 e. The van der Waals surface area contributed by atoms with E-state index < -0.39 is 0 Å². The van der Waals surface area contributed by atoms with E-state index in [2.05, 4.69) is 62.0 Å². The average molecular weight is 515 g/mol. The van der Waals surface area contributed by atoms with E-state index in [1.165, 1.54) is 4.88 Å². The first-order valence-corrected chi connectivity index (χ1v) is 13.4. The Labute approximate surface area is 219 Å². The molecule has 0 spiro atoms. The maximum Gasteiger partial charge on any atom is 0.252 e. The topological polar surface area (TPSA) is 88.9 Å². The lowest BCUT2D eigenvalue weighted by molar-refractivity contribution is 0.163. The van der Waals surface area contributed by atoms with E-state index in [9.17, 15) is 4.79 Å². The van der Waals surface area contributed by atoms with Crippen LogP contribution >= 0.6 is 11.3 Å². The number of nitrogens with one attached hydrogen (secondary N) is 1. The second-order valence-electron chi connectivity index (χ2n) is 8.89. The van der Waals surface area contributed by atoms with Crippen LogP contribution in [-0.2, 0) is 19.6 Å². The van der Waals surface area contributed by atoms with Gasteiger partial charge in [0.1, 0.15) is 5.75 Å². The predicted octanol–water partition coefficient (Wildman–Crippen LogP) is 5.18. The minimum Gasteiger partial charge on any atom is -0.494 e. The second-order valence-corrected chi connectivity index (χ2v) is 9.93. The largest absolute Gasteiger partial charge is 0.494 e. The summed E-state index contributed by atoms with van der Waals surface area (Å²) in [6.45, 7) is 6.41. The number of tetrazole rings is 1. The molecule has 2 aromatic carbocycles. The molecule has 0 unspecified atom stereocenters. The number of hydrogen-bond acceptors (Lipinski definition) is 7. The molecule has 8 nitrogen and oxygen atoms in total. The number of pyridine rings is 1. The van der Waals surface area contributed by atoms with Crippen molar-refractivity contribution in [1.82, 2.24) is 30.1 Å². The van der Waals surface area contributed by atoms with Crippen molar-refractivity contribution in [3.63, 3.8) is 0 Å². The highest BCUT2D eigenvalue weighted by atomic mass is 32.1. The van der Waals surface area contributed by atoms with E-state index in [4.69, 9.17) is 4.74 Å². The molecule has 0 saturated heterocycles. The Morgan fingerprint density at radius 3 is 2.68 bits per heavy atom. The maximum absolute atomic E-state index is 13.1. The van der Waals surface area contributed by atoms with Crippen LogP contribution in [0.5, 0.6) is 5.75 Å². The minimum atomic E-state index is -0.0911. The van der Waals surface area contributed by atoms with Crippen molar-refractivity contribution in [3.8, 4) is 5.75 Å². The first-order valence-electron chi connectivity index (χ1n) is 12.5. The minimum absolute atomic E-state index is 0.0781. The standard InChI is InChI=1S/C28H30N6O2S/c1-3-26(27-30-31-32-34(27)17-20-9-6-5-7-10-20)33(19-24-11-8-14-37-24)18-22-15-21-16-23(36-4-2)12-13-25(21)29-28(22)35/h5-16,26H,3-4,17-19H2,1-2H3,(H,29,35)/t26-/m1/s1. The highest BCUT2D eigenvalue weighted by Crippen LogP contribution is 2.28. The van der Waals surface area contributed by atoms with Gasteiger partial charge in [-0.25, -0.2) is 4.68 Å². The third-order valence-corrected chi connectivity index (χ3v) is 7.24. The Kier molecular flexibility index (Phi) is 7.72. The quantitative estimate of drug-likeness (QED) is 0.261. The molecule has 0 amide bonds. The van der Waals surface area contributed by atoms with Crippen LogP contribution in [0.3, 0.4) is 0 Å². The van der Waals surface area contributed by atoms with Gasteiger partial charge in [-0.05, 0) is 65.0 Å². The number of ether oxygens (including phenoxy) is 1. The molecule has 0 aliphatic carbocycles. The fourth-order valence-corrected chi connectivity index (χ4v) is 5.35. The van der Waals surface area contributed by atoms with Crippen LogP contribution in [0.2, 0.25) is 0 Å². The van der Waals surface area contributed by atoms with Crippen LogP contribution in [0.15, 0.2) is 76.9 Å². The van der Waals surface area contributed by atoms with Gasteiger partial charge in [-0.3, -0.25) is 9.69 Å². The maximum atomic E-state index is 13.1. The number of aromatic amines is 1. The third kappa shape index (κ3) is 5.79. The molecule has 5 aromatic rings. The number of aromatic nitrogens is 5. The molecule has 1 atom stereocenters. The fourth-order valence-electron chi connectivity index (χ4n) is 4.62. The van der Waals surface area contributed by atoms with Crippen molar-refractivity contribution in [2.24, 2.45) is 0 Å². The monoisotopic (exact) mass is 514 g/mol. The summed E-state index contributed by atoms with van der Waals surface area (Å²) in [6.07, 6.45) is 0.792. The van der Waals surface area contributed by atoms with Crippen molar-refractivity contribution >= 4 is 22.2 Å². The molecular formula is C28H30N6O2S. The molecule has 0 fully saturated rings. The molecule has 0 aliphatic rings. The Morgan fingerprint density at radius 1 is 1.05 bits per heavy atom. The van der Waals surface area contributed by atoms with E-state index in [1.54, 1.807) is 11.3 Å². The summed E-state index contributed by atoms with van der Waals surface area (Å²) >= 11 is 1.71. The molecule has 3 heterocycles. The number of H-pyrrole nitrogens is 1. The third-order valence-electron chi connectivity index (χ3n) is 6.38. The number of fused-ring (bicyclic) bond motifs is 1. The van der Waals surface area contributed by atoms with Crippen LogP contribution in [0.4, 0.5) is 0 Å². The number of hydrogen-bond donors (Lipinski definition) is 1. The highest BCUT2D eigenvalue weighted by molar-refractivity contribution is 7.09. The van der Waals surface area contributed by atoms with Gasteiger partial charge in [0.15, 0.2) is 5.82 Å². The molecule has 3 aromatic heterocycles. The summed E-state index contributed by atoms with van der Waals surface area (Å²) in [7, 11) is 0. The Morgan fingerprint density at radius 2 is 1.92 bits per heavy atom. The summed E-state index contributed by atoms with van der Waals surface area (Å²) in [5, 5.41) is 15.8. The Bertz CT molecular complexity index is 1500. The first-order chi connectivity index (χ1) is 18.1. The van der Waals surface area contributed by atoms with Gasteiger partial charge < -0.3 is 9.72 Å². The summed E-state index contributed by atoms with van der Waals surface area (Å²) in [6, 6.07) is 22.0. The fraction of sp³-hybridized carbons (Fsp3) is 0.286. The highest BCUT2D eigenvalue weighted by Gasteiger charge is 2.26. The lowest BCUT2D eigenvalue weighted by atomic mass is 10.1. The molecule has 190 valence electrons. The van der Waals surface area contributed by atoms with Gasteiger partial charge in [-0.2, -0.15) is 0 Å². The first kappa shape index (κ1) is 24.9. The number of benzene rings is 2. The van der Waals surface area contributed by atoms with Gasteiger partial charge in [0.2, 0.25) is 0 Å². The lowest BCUT2D eigenvalue weighted by Crippen LogP contribution is -2.32. The van der Waals surface area contributed by atoms with Crippen molar-refractivity contribution in [1.29, 1.82) is 0 Å². The van der Waals surface area contributed by atoms with Gasteiger partial charge in [0, 0.05) is 34.4 Å². The second kappa shape index (κ2) is 11.5. The molecule has 37 heavy (non-hydrogen) atoms. The van der Waals surface area contributed by atoms with Gasteiger partial charge in [0.25, 0.3) is 5.56 Å². The molecule has 9 heteroatoms. The molecule has 5 rings (SSSR count). The molecule has 1 N–H and O–H groups in total. The molecule has 0 saturated carbocycles. The van der Waals surface area contributed by atoms with Gasteiger partial charge in [-0.1, -0.05) is 43.3 Å². The van der Waals surface area contributed by atoms with Crippen LogP contribution in [0.25, 0.3) is 10.9 Å². The van der Waals surface area contributed by atoms with Crippen molar-refractivity contribution in [2.45, 2.75) is 45.9 Å². The summed E-state index contributed by atoms with van der Waals surface area (Å²) in [4.78, 5) is 19.7. The van der Waals surface area contributed by atoms with Gasteiger partial charge in [0.05, 0.1) is 19.2 Å². The summed E-state index contributed by atoms with van der Waals surface area (Å²) in [5.74, 6) is 1.58. The number of nitrogens with zero attached hydrogens (tertiary/aromatic N) is 5. The Balaban J connectivity index is 1.50. The Hall–Kier alpha value is -3.82. The zero-order chi connectivity index (χ0) is 25.6. The normalized spacial score (nSPS) is 12.3. The molecule has 0 radical (unpaired) electrons. The summed E-state index contributed by atoms with van der Waals surface area (Å²) < 4.78 is 7.54. The van der Waals surface area contributed by atoms with Crippen molar-refractivity contribution < 1.29 is 4.74 Å². The van der Waals surface area contributed by atoms with E-state index >= 15 is 0 Å². The lowest BCUT2D eigenvalue weighted by Gasteiger charge is -2.30. The van der Waals surface area contributed by atoms with Crippen molar-refractivity contribution in [3.05, 3.63) is 104 Å². The zero-order valence-electron chi connectivity index (χ0n) is 21.0. The van der Waals surface area contributed by atoms with E-state index in [-0.39, 0.29) is 11.6 Å². The molecule has 0 bridgehead atoms. The van der Waals surface area contributed by atoms with E-state index in [1.807, 2.05) is 54.1 Å². The van der Waals surface area contributed by atoms with Gasteiger partial charge >= 0.3 is 0 Å². The SMILES string of the molecule is CCOc1ccc2[nH]c(=O)c(CN(Cc3cccs3)[C@H](CC)c3nnnn3Cc3ccccc3)cc2c1. The van der Waals surface area contributed by atoms with Crippen LogP contribution in [0, 0.1) is 0 Å². The van der Waals surface area contributed by atoms with Crippen LogP contribution in [-0.4, -0.2) is 36.7 Å². The zero-order valence-corrected chi connectivity index (χ0v) is 21.8. The molecule has 0 aliphatic heterocycles. The number of thiophene rings is 1. The van der Waals surface area contributed by atoms with Gasteiger partial charge in [-0.15, -0.1) is 16.4 Å². The summed E-state index contributed by atoms with van der Waals surface area (Å²) in [5.41, 5.74) is 2.53.